The number of fused-ring (bicyclic) bond motifs is 1. The van der Waals surface area contributed by atoms with Crippen LogP contribution < -0.4 is 5.56 Å². The lowest BCUT2D eigenvalue weighted by molar-refractivity contribution is 0.0523. The number of carbonyl (C=O) groups is 1. The van der Waals surface area contributed by atoms with Crippen LogP contribution in [0.25, 0.3) is 5.65 Å². The van der Waals surface area contributed by atoms with Crippen LogP contribution in [0.4, 0.5) is 0 Å². The molecule has 0 radical (unpaired) electrons. The van der Waals surface area contributed by atoms with Gasteiger partial charge in [-0.15, -0.1) is 0 Å². The zero-order valence-electron chi connectivity index (χ0n) is 15.0. The fourth-order valence-corrected chi connectivity index (χ4v) is 3.43. The molecule has 2 aromatic heterocycles. The van der Waals surface area contributed by atoms with Crippen LogP contribution in [-0.4, -0.2) is 27.2 Å². The average Bonchev–Trinajstić information content (AvgIpc) is 3.43. The van der Waals surface area contributed by atoms with Crippen LogP contribution in [0.1, 0.15) is 52.9 Å². The normalized spacial score (nSPS) is 13.9. The molecule has 0 aliphatic heterocycles. The van der Waals surface area contributed by atoms with Crippen LogP contribution in [0.5, 0.6) is 0 Å². The number of aryl methyl sites for hydroxylation is 2. The molecule has 140 valence electrons. The number of aromatic nitrogens is 3. The van der Waals surface area contributed by atoms with E-state index in [0.717, 1.165) is 36.9 Å². The molecule has 3 aromatic rings. The van der Waals surface area contributed by atoms with Crippen molar-refractivity contribution in [1.82, 2.24) is 14.6 Å². The molecular formula is C20H20ClN3O3. The van der Waals surface area contributed by atoms with Gasteiger partial charge in [0.2, 0.25) is 0 Å². The van der Waals surface area contributed by atoms with E-state index in [1.54, 1.807) is 6.92 Å². The first-order valence-corrected chi connectivity index (χ1v) is 9.50. The van der Waals surface area contributed by atoms with Crippen LogP contribution >= 0.6 is 11.6 Å². The van der Waals surface area contributed by atoms with E-state index in [1.807, 2.05) is 24.3 Å². The standard InChI is InChI=1S/C20H20ClN3O3/c1-2-27-20(26)16-11-22-18-15(10-5-12-3-8-14(21)9-4-12)17(13-6-7-13)23-24(18)19(16)25/h3-4,8-9,11,13,23H,2,5-7,10H2,1H3. The number of carbonyl (C=O) groups excluding carboxylic acids is 1. The number of ether oxygens (including phenoxy) is 1. The number of esters is 1. The first-order chi connectivity index (χ1) is 13.1. The molecule has 0 atom stereocenters. The number of nitrogens with zero attached hydrogens (tertiary/aromatic N) is 2. The predicted molar refractivity (Wildman–Crippen MR) is 103 cm³/mol. The Balaban J connectivity index is 1.71. The van der Waals surface area contributed by atoms with Gasteiger partial charge < -0.3 is 4.74 Å². The summed E-state index contributed by atoms with van der Waals surface area (Å²) in [6.45, 7) is 1.92. The highest BCUT2D eigenvalue weighted by molar-refractivity contribution is 6.30. The molecule has 2 heterocycles. The molecule has 1 aromatic carbocycles. The van der Waals surface area contributed by atoms with Gasteiger partial charge in [0, 0.05) is 28.4 Å². The molecule has 0 spiro atoms. The van der Waals surface area contributed by atoms with Crippen LogP contribution in [-0.2, 0) is 17.6 Å². The van der Waals surface area contributed by atoms with Crippen molar-refractivity contribution >= 4 is 23.2 Å². The monoisotopic (exact) mass is 385 g/mol. The minimum Gasteiger partial charge on any atom is -0.462 e. The number of halogens is 1. The highest BCUT2D eigenvalue weighted by Gasteiger charge is 2.30. The van der Waals surface area contributed by atoms with E-state index >= 15 is 0 Å². The molecule has 0 bridgehead atoms. The van der Waals surface area contributed by atoms with Crippen LogP contribution in [0.3, 0.4) is 0 Å². The number of rotatable bonds is 6. The van der Waals surface area contributed by atoms with Crippen LogP contribution in [0, 0.1) is 0 Å². The number of hydrogen-bond acceptors (Lipinski definition) is 4. The maximum absolute atomic E-state index is 12.7. The third-order valence-electron chi connectivity index (χ3n) is 4.85. The minimum atomic E-state index is -0.644. The summed E-state index contributed by atoms with van der Waals surface area (Å²) in [5.41, 5.74) is 3.38. The van der Waals surface area contributed by atoms with Crippen molar-refractivity contribution < 1.29 is 9.53 Å². The Bertz CT molecular complexity index is 1050. The van der Waals surface area contributed by atoms with Crippen molar-refractivity contribution in [3.63, 3.8) is 0 Å². The highest BCUT2D eigenvalue weighted by Crippen LogP contribution is 2.41. The third kappa shape index (κ3) is 3.49. The van der Waals surface area contributed by atoms with Crippen molar-refractivity contribution in [3.8, 4) is 0 Å². The van der Waals surface area contributed by atoms with Crippen molar-refractivity contribution in [3.05, 3.63) is 68.2 Å². The van der Waals surface area contributed by atoms with Crippen molar-refractivity contribution in [2.24, 2.45) is 0 Å². The molecule has 1 aliphatic rings. The molecule has 1 saturated carbocycles. The first kappa shape index (κ1) is 17.8. The molecular weight excluding hydrogens is 366 g/mol. The first-order valence-electron chi connectivity index (χ1n) is 9.12. The van der Waals surface area contributed by atoms with E-state index in [4.69, 9.17) is 16.3 Å². The smallest absolute Gasteiger partial charge is 0.345 e. The molecule has 0 amide bonds. The minimum absolute atomic E-state index is 0.0535. The van der Waals surface area contributed by atoms with E-state index in [9.17, 15) is 9.59 Å². The maximum Gasteiger partial charge on any atom is 0.345 e. The quantitative estimate of drug-likeness (QED) is 0.659. The predicted octanol–water partition coefficient (Wildman–Crippen LogP) is 3.52. The molecule has 1 fully saturated rings. The molecule has 1 N–H and O–H groups in total. The van der Waals surface area contributed by atoms with Gasteiger partial charge in [0.05, 0.1) is 6.61 Å². The maximum atomic E-state index is 12.7. The van der Waals surface area contributed by atoms with Gasteiger partial charge in [-0.3, -0.25) is 9.89 Å². The number of hydrogen-bond donors (Lipinski definition) is 1. The fraction of sp³-hybridized carbons (Fsp3) is 0.350. The lowest BCUT2D eigenvalue weighted by Crippen LogP contribution is -2.24. The summed E-state index contributed by atoms with van der Waals surface area (Å²) < 4.78 is 6.34. The second-order valence-electron chi connectivity index (χ2n) is 6.76. The Labute approximate surface area is 161 Å². The molecule has 4 rings (SSSR count). The number of H-pyrrole nitrogens is 1. The Morgan fingerprint density at radius 1 is 1.30 bits per heavy atom. The lowest BCUT2D eigenvalue weighted by Gasteiger charge is -2.04. The molecule has 7 heteroatoms. The van der Waals surface area contributed by atoms with Gasteiger partial charge in [0.15, 0.2) is 5.65 Å². The van der Waals surface area contributed by atoms with Crippen molar-refractivity contribution in [2.75, 3.05) is 6.61 Å². The Morgan fingerprint density at radius 3 is 2.70 bits per heavy atom. The Hall–Kier alpha value is -2.60. The molecule has 27 heavy (non-hydrogen) atoms. The van der Waals surface area contributed by atoms with Crippen LogP contribution in [0.2, 0.25) is 5.02 Å². The lowest BCUT2D eigenvalue weighted by atomic mass is 10.0. The summed E-state index contributed by atoms with van der Waals surface area (Å²) in [6, 6.07) is 7.77. The van der Waals surface area contributed by atoms with Gasteiger partial charge >= 0.3 is 5.97 Å². The van der Waals surface area contributed by atoms with E-state index < -0.39 is 11.5 Å². The van der Waals surface area contributed by atoms with E-state index in [2.05, 4.69) is 10.1 Å². The number of aromatic amines is 1. The number of benzene rings is 1. The molecule has 6 nitrogen and oxygen atoms in total. The molecule has 0 unspecified atom stereocenters. The Morgan fingerprint density at radius 2 is 2.04 bits per heavy atom. The van der Waals surface area contributed by atoms with Gasteiger partial charge in [-0.25, -0.2) is 14.3 Å². The van der Waals surface area contributed by atoms with Gasteiger partial charge in [0.1, 0.15) is 5.56 Å². The van der Waals surface area contributed by atoms with Gasteiger partial charge in [-0.05, 0) is 50.3 Å². The summed E-state index contributed by atoms with van der Waals surface area (Å²) in [4.78, 5) is 29.1. The summed E-state index contributed by atoms with van der Waals surface area (Å²) in [7, 11) is 0. The van der Waals surface area contributed by atoms with E-state index in [0.29, 0.717) is 16.6 Å². The molecule has 0 saturated heterocycles. The number of nitrogens with one attached hydrogen (secondary N) is 1. The topological polar surface area (TPSA) is 76.5 Å². The average molecular weight is 386 g/mol. The van der Waals surface area contributed by atoms with Crippen molar-refractivity contribution in [1.29, 1.82) is 0 Å². The van der Waals surface area contributed by atoms with E-state index in [1.165, 1.54) is 16.3 Å². The SMILES string of the molecule is CCOC(=O)c1cnc2c(CCc3ccc(Cl)cc3)c(C3CC3)[nH]n2c1=O. The summed E-state index contributed by atoms with van der Waals surface area (Å²) in [5, 5.41) is 3.90. The highest BCUT2D eigenvalue weighted by atomic mass is 35.5. The largest absolute Gasteiger partial charge is 0.462 e. The van der Waals surface area contributed by atoms with Crippen molar-refractivity contribution in [2.45, 2.75) is 38.5 Å². The second-order valence-corrected chi connectivity index (χ2v) is 7.20. The zero-order valence-corrected chi connectivity index (χ0v) is 15.8. The molecule has 1 aliphatic carbocycles. The summed E-state index contributed by atoms with van der Waals surface area (Å²) in [5.74, 6) is -0.216. The van der Waals surface area contributed by atoms with E-state index in [-0.39, 0.29) is 12.2 Å². The Kier molecular flexibility index (Phi) is 4.74. The summed E-state index contributed by atoms with van der Waals surface area (Å²) in [6.07, 6.45) is 5.10. The van der Waals surface area contributed by atoms with Crippen LogP contribution in [0.15, 0.2) is 35.3 Å². The fourth-order valence-electron chi connectivity index (χ4n) is 3.31. The van der Waals surface area contributed by atoms with Gasteiger partial charge in [-0.1, -0.05) is 23.7 Å². The second kappa shape index (κ2) is 7.19. The third-order valence-corrected chi connectivity index (χ3v) is 5.10. The van der Waals surface area contributed by atoms with Gasteiger partial charge in [0.25, 0.3) is 5.56 Å². The summed E-state index contributed by atoms with van der Waals surface area (Å²) >= 11 is 5.95. The zero-order chi connectivity index (χ0) is 19.0. The van der Waals surface area contributed by atoms with Gasteiger partial charge in [-0.2, -0.15) is 0 Å².